The van der Waals surface area contributed by atoms with Crippen LogP contribution in [0.4, 0.5) is 11.4 Å². The third-order valence-corrected chi connectivity index (χ3v) is 5.71. The zero-order valence-electron chi connectivity index (χ0n) is 18.0. The number of amides is 2. The maximum absolute atomic E-state index is 12.8. The Labute approximate surface area is 182 Å². The van der Waals surface area contributed by atoms with E-state index in [1.165, 1.54) is 0 Å². The van der Waals surface area contributed by atoms with Gasteiger partial charge in [0, 0.05) is 24.3 Å². The van der Waals surface area contributed by atoms with E-state index in [4.69, 9.17) is 4.74 Å². The summed E-state index contributed by atoms with van der Waals surface area (Å²) < 4.78 is 5.85. The van der Waals surface area contributed by atoms with Gasteiger partial charge in [0.1, 0.15) is 11.5 Å². The van der Waals surface area contributed by atoms with Crippen LogP contribution < -0.4 is 15.0 Å². The molecule has 0 spiro atoms. The monoisotopic (exact) mass is 414 g/mol. The van der Waals surface area contributed by atoms with E-state index in [9.17, 15) is 9.59 Å². The second kappa shape index (κ2) is 8.64. The Balaban J connectivity index is 1.39. The molecule has 158 valence electrons. The van der Waals surface area contributed by atoms with Crippen LogP contribution in [0.1, 0.15) is 23.1 Å². The van der Waals surface area contributed by atoms with Crippen molar-refractivity contribution in [2.24, 2.45) is 5.92 Å². The van der Waals surface area contributed by atoms with Crippen LogP contribution in [-0.2, 0) is 9.59 Å². The molecule has 1 aliphatic rings. The number of ether oxygens (including phenoxy) is 1. The maximum Gasteiger partial charge on any atom is 0.229 e. The highest BCUT2D eigenvalue weighted by Gasteiger charge is 2.35. The average Bonchev–Trinajstić information content (AvgIpc) is 3.13. The van der Waals surface area contributed by atoms with Gasteiger partial charge in [-0.15, -0.1) is 0 Å². The van der Waals surface area contributed by atoms with Crippen molar-refractivity contribution in [2.75, 3.05) is 16.8 Å². The van der Waals surface area contributed by atoms with Gasteiger partial charge in [0.05, 0.1) is 5.92 Å². The Morgan fingerprint density at radius 1 is 0.968 bits per heavy atom. The van der Waals surface area contributed by atoms with Gasteiger partial charge in [-0.3, -0.25) is 9.59 Å². The first-order valence-electron chi connectivity index (χ1n) is 10.4. The number of hydrogen-bond acceptors (Lipinski definition) is 3. The molecule has 1 saturated heterocycles. The summed E-state index contributed by atoms with van der Waals surface area (Å²) in [5.41, 5.74) is 4.90. The quantitative estimate of drug-likeness (QED) is 0.608. The number of hydrogen-bond donors (Lipinski definition) is 1. The van der Waals surface area contributed by atoms with E-state index in [-0.39, 0.29) is 24.2 Å². The van der Waals surface area contributed by atoms with Crippen molar-refractivity contribution in [3.8, 4) is 11.5 Å². The van der Waals surface area contributed by atoms with E-state index in [1.54, 1.807) is 4.90 Å². The Morgan fingerprint density at radius 2 is 1.71 bits per heavy atom. The van der Waals surface area contributed by atoms with Crippen LogP contribution >= 0.6 is 0 Å². The third-order valence-electron chi connectivity index (χ3n) is 5.71. The van der Waals surface area contributed by atoms with Crippen molar-refractivity contribution in [1.82, 2.24) is 0 Å². The fourth-order valence-corrected chi connectivity index (χ4v) is 3.81. The van der Waals surface area contributed by atoms with Crippen LogP contribution in [0.15, 0.2) is 66.7 Å². The lowest BCUT2D eigenvalue weighted by molar-refractivity contribution is -0.122. The SMILES string of the molecule is Cc1cccc(Oc2ccc(NC(=O)[C@@H]3CC(=O)N(c4cccc(C)c4C)C3)cc2)c1. The van der Waals surface area contributed by atoms with Crippen LogP contribution in [0.25, 0.3) is 0 Å². The molecule has 1 aliphatic heterocycles. The summed E-state index contributed by atoms with van der Waals surface area (Å²) >= 11 is 0. The highest BCUT2D eigenvalue weighted by atomic mass is 16.5. The molecule has 5 nitrogen and oxygen atoms in total. The summed E-state index contributed by atoms with van der Waals surface area (Å²) in [7, 11) is 0. The van der Waals surface area contributed by atoms with E-state index >= 15 is 0 Å². The Bertz CT molecular complexity index is 1120. The smallest absolute Gasteiger partial charge is 0.229 e. The average molecular weight is 415 g/mol. The van der Waals surface area contributed by atoms with Gasteiger partial charge in [-0.05, 0) is 79.9 Å². The van der Waals surface area contributed by atoms with Crippen LogP contribution in [0.3, 0.4) is 0 Å². The highest BCUT2D eigenvalue weighted by molar-refractivity contribution is 6.03. The zero-order chi connectivity index (χ0) is 22.0. The molecule has 1 fully saturated rings. The number of nitrogens with zero attached hydrogens (tertiary/aromatic N) is 1. The molecule has 5 heteroatoms. The first-order chi connectivity index (χ1) is 14.9. The fourth-order valence-electron chi connectivity index (χ4n) is 3.81. The summed E-state index contributed by atoms with van der Waals surface area (Å²) in [5.74, 6) is 0.924. The molecule has 1 heterocycles. The first-order valence-corrected chi connectivity index (χ1v) is 10.4. The minimum Gasteiger partial charge on any atom is -0.457 e. The summed E-state index contributed by atoms with van der Waals surface area (Å²) in [6.07, 6.45) is 0.216. The van der Waals surface area contributed by atoms with Gasteiger partial charge in [-0.2, -0.15) is 0 Å². The fraction of sp³-hybridized carbons (Fsp3) is 0.231. The molecule has 1 atom stereocenters. The Morgan fingerprint density at radius 3 is 2.45 bits per heavy atom. The number of carbonyl (C=O) groups is 2. The minimum atomic E-state index is -0.379. The first kappa shape index (κ1) is 20.7. The third kappa shape index (κ3) is 4.61. The second-order valence-corrected chi connectivity index (χ2v) is 8.06. The molecule has 0 aliphatic carbocycles. The van der Waals surface area contributed by atoms with Gasteiger partial charge >= 0.3 is 0 Å². The van der Waals surface area contributed by atoms with E-state index in [0.29, 0.717) is 18.0 Å². The Hall–Kier alpha value is -3.60. The summed E-state index contributed by atoms with van der Waals surface area (Å²) in [6.45, 7) is 6.44. The molecule has 4 rings (SSSR count). The van der Waals surface area contributed by atoms with Crippen molar-refractivity contribution >= 4 is 23.2 Å². The van der Waals surface area contributed by atoms with Crippen molar-refractivity contribution in [3.63, 3.8) is 0 Å². The van der Waals surface area contributed by atoms with Crippen molar-refractivity contribution in [2.45, 2.75) is 27.2 Å². The van der Waals surface area contributed by atoms with Crippen LogP contribution in [0.5, 0.6) is 11.5 Å². The van der Waals surface area contributed by atoms with Crippen LogP contribution in [0.2, 0.25) is 0 Å². The lowest BCUT2D eigenvalue weighted by Crippen LogP contribution is -2.28. The Kier molecular flexibility index (Phi) is 5.76. The molecule has 0 bridgehead atoms. The van der Waals surface area contributed by atoms with E-state index in [0.717, 1.165) is 28.1 Å². The lowest BCUT2D eigenvalue weighted by Gasteiger charge is -2.20. The molecule has 1 N–H and O–H groups in total. The molecule has 0 saturated carbocycles. The molecule has 31 heavy (non-hydrogen) atoms. The van der Waals surface area contributed by atoms with Crippen LogP contribution in [0, 0.1) is 26.7 Å². The molecular weight excluding hydrogens is 388 g/mol. The van der Waals surface area contributed by atoms with Gasteiger partial charge in [0.2, 0.25) is 11.8 Å². The van der Waals surface area contributed by atoms with Gasteiger partial charge in [-0.1, -0.05) is 24.3 Å². The summed E-state index contributed by atoms with van der Waals surface area (Å²) in [4.78, 5) is 27.1. The second-order valence-electron chi connectivity index (χ2n) is 8.06. The minimum absolute atomic E-state index is 0.0178. The van der Waals surface area contributed by atoms with Gasteiger partial charge in [-0.25, -0.2) is 0 Å². The molecule has 0 radical (unpaired) electrons. The number of anilines is 2. The molecular formula is C26H26N2O3. The maximum atomic E-state index is 12.8. The van der Waals surface area contributed by atoms with E-state index in [1.807, 2.05) is 87.5 Å². The van der Waals surface area contributed by atoms with Gasteiger partial charge in [0.25, 0.3) is 0 Å². The molecule has 3 aromatic rings. The van der Waals surface area contributed by atoms with Crippen molar-refractivity contribution in [1.29, 1.82) is 0 Å². The zero-order valence-corrected chi connectivity index (χ0v) is 18.0. The normalized spacial score (nSPS) is 15.8. The highest BCUT2D eigenvalue weighted by Crippen LogP contribution is 2.30. The number of nitrogens with one attached hydrogen (secondary N) is 1. The summed E-state index contributed by atoms with van der Waals surface area (Å²) in [5, 5.41) is 2.93. The molecule has 3 aromatic carbocycles. The van der Waals surface area contributed by atoms with Crippen molar-refractivity contribution < 1.29 is 14.3 Å². The predicted molar refractivity (Wildman–Crippen MR) is 123 cm³/mol. The lowest BCUT2D eigenvalue weighted by atomic mass is 10.1. The number of benzene rings is 3. The van der Waals surface area contributed by atoms with Gasteiger partial charge in [0.15, 0.2) is 0 Å². The summed E-state index contributed by atoms with van der Waals surface area (Å²) in [6, 6.07) is 21.0. The van der Waals surface area contributed by atoms with E-state index in [2.05, 4.69) is 5.32 Å². The molecule has 2 amide bonds. The molecule has 0 unspecified atom stereocenters. The number of rotatable bonds is 5. The number of carbonyl (C=O) groups excluding carboxylic acids is 2. The van der Waals surface area contributed by atoms with Crippen molar-refractivity contribution in [3.05, 3.63) is 83.4 Å². The van der Waals surface area contributed by atoms with Gasteiger partial charge < -0.3 is 15.0 Å². The standard InChI is InChI=1S/C26H26N2O3/c1-17-6-4-8-23(14-17)31-22-12-10-21(11-13-22)27-26(30)20-15-25(29)28(16-20)24-9-5-7-18(2)19(24)3/h4-14,20H,15-16H2,1-3H3,(H,27,30)/t20-/m1/s1. The molecule has 0 aromatic heterocycles. The van der Waals surface area contributed by atoms with Crippen LogP contribution in [-0.4, -0.2) is 18.4 Å². The van der Waals surface area contributed by atoms with E-state index < -0.39 is 0 Å². The largest absolute Gasteiger partial charge is 0.457 e. The topological polar surface area (TPSA) is 58.6 Å². The predicted octanol–water partition coefficient (Wildman–Crippen LogP) is 5.40. The number of aryl methyl sites for hydroxylation is 2.